The maximum absolute atomic E-state index is 12.0. The van der Waals surface area contributed by atoms with Gasteiger partial charge >= 0.3 is 0 Å². The Bertz CT molecular complexity index is 680. The minimum atomic E-state index is -3.91. The molecular weight excluding hydrogens is 320 g/mol. The molecule has 1 unspecified atom stereocenters. The van der Waals surface area contributed by atoms with Crippen molar-refractivity contribution in [2.45, 2.75) is 22.3 Å². The Morgan fingerprint density at radius 2 is 1.48 bits per heavy atom. The van der Waals surface area contributed by atoms with E-state index in [1.165, 1.54) is 14.0 Å². The molecule has 1 aromatic rings. The topological polar surface area (TPSA) is 133 Å². The van der Waals surface area contributed by atoms with Gasteiger partial charge in [-0.1, -0.05) is 0 Å². The Labute approximate surface area is 123 Å². The number of hydrogen-bond donors (Lipinski definition) is 4. The van der Waals surface area contributed by atoms with E-state index < -0.39 is 32.3 Å². The maximum Gasteiger partial charge on any atom is 0.240 e. The number of sulfonamides is 2. The molecule has 0 heterocycles. The molecule has 21 heavy (non-hydrogen) atoms. The van der Waals surface area contributed by atoms with E-state index in [4.69, 9.17) is 5.11 Å². The molecule has 0 radical (unpaired) electrons. The molecule has 0 aliphatic heterocycles. The first-order valence-corrected chi connectivity index (χ1v) is 8.87. The lowest BCUT2D eigenvalue weighted by Crippen LogP contribution is -2.43. The van der Waals surface area contributed by atoms with Crippen LogP contribution in [0.15, 0.2) is 34.1 Å². The summed E-state index contributed by atoms with van der Waals surface area (Å²) in [6, 6.07) is 4.59. The van der Waals surface area contributed by atoms with Crippen LogP contribution < -0.4 is 9.44 Å². The van der Waals surface area contributed by atoms with Crippen molar-refractivity contribution in [3.8, 4) is 0 Å². The van der Waals surface area contributed by atoms with E-state index in [1.54, 1.807) is 0 Å². The fraction of sp³-hybridized carbons (Fsp3) is 0.455. The Hall–Kier alpha value is -1.04. The second-order valence-corrected chi connectivity index (χ2v) is 8.31. The van der Waals surface area contributed by atoms with E-state index in [1.807, 2.05) is 0 Å². The van der Waals surface area contributed by atoms with Crippen LogP contribution in [0.5, 0.6) is 0 Å². The van der Waals surface area contributed by atoms with Crippen molar-refractivity contribution in [1.82, 2.24) is 9.44 Å². The number of rotatable bonds is 7. The van der Waals surface area contributed by atoms with Gasteiger partial charge in [0.2, 0.25) is 20.0 Å². The number of aliphatic hydroxyl groups excluding tert-OH is 1. The average Bonchev–Trinajstić information content (AvgIpc) is 2.45. The molecule has 1 rings (SSSR count). The highest BCUT2D eigenvalue weighted by Gasteiger charge is 2.23. The van der Waals surface area contributed by atoms with Gasteiger partial charge in [0.05, 0.1) is 22.0 Å². The molecule has 0 saturated heterocycles. The van der Waals surface area contributed by atoms with Crippen molar-refractivity contribution >= 4 is 20.0 Å². The van der Waals surface area contributed by atoms with Crippen molar-refractivity contribution in [3.63, 3.8) is 0 Å². The summed E-state index contributed by atoms with van der Waals surface area (Å²) in [6.45, 7) is 0.301. The quantitative estimate of drug-likeness (QED) is 0.484. The van der Waals surface area contributed by atoms with Crippen molar-refractivity contribution in [2.75, 3.05) is 20.2 Å². The van der Waals surface area contributed by atoms with Crippen LogP contribution in [0.3, 0.4) is 0 Å². The van der Waals surface area contributed by atoms with Crippen molar-refractivity contribution < 1.29 is 27.0 Å². The predicted octanol–water partition coefficient (Wildman–Crippen LogP) is -1.38. The zero-order valence-corrected chi connectivity index (χ0v) is 13.2. The van der Waals surface area contributed by atoms with E-state index in [-0.39, 0.29) is 16.3 Å². The first kappa shape index (κ1) is 18.0. The SMILES string of the molecule is CNS(=O)(=O)c1ccc(S(=O)(=O)NCC(C)(O)CO)cc1. The molecule has 10 heteroatoms. The van der Waals surface area contributed by atoms with Gasteiger partial charge in [-0.3, -0.25) is 0 Å². The summed E-state index contributed by atoms with van der Waals surface area (Å²) < 4.78 is 51.2. The highest BCUT2D eigenvalue weighted by molar-refractivity contribution is 7.90. The van der Waals surface area contributed by atoms with Crippen LogP contribution in [0.1, 0.15) is 6.92 Å². The maximum atomic E-state index is 12.0. The Balaban J connectivity index is 2.96. The second-order valence-electron chi connectivity index (χ2n) is 4.66. The zero-order chi connectivity index (χ0) is 16.3. The van der Waals surface area contributed by atoms with Gasteiger partial charge < -0.3 is 10.2 Å². The van der Waals surface area contributed by atoms with E-state index in [2.05, 4.69) is 9.44 Å². The summed E-state index contributed by atoms with van der Waals surface area (Å²) in [5, 5.41) is 18.4. The first-order valence-electron chi connectivity index (χ1n) is 5.91. The molecule has 0 saturated carbocycles. The minimum Gasteiger partial charge on any atom is -0.393 e. The van der Waals surface area contributed by atoms with Gasteiger partial charge in [0, 0.05) is 6.54 Å². The second kappa shape index (κ2) is 6.38. The first-order chi connectivity index (χ1) is 9.54. The van der Waals surface area contributed by atoms with E-state index in [0.717, 1.165) is 24.3 Å². The van der Waals surface area contributed by atoms with Crippen molar-refractivity contribution in [1.29, 1.82) is 0 Å². The Morgan fingerprint density at radius 1 is 1.05 bits per heavy atom. The normalized spacial score (nSPS) is 15.6. The van der Waals surface area contributed by atoms with Gasteiger partial charge in [0.25, 0.3) is 0 Å². The molecule has 0 amide bonds. The zero-order valence-electron chi connectivity index (χ0n) is 11.6. The van der Waals surface area contributed by atoms with Crippen molar-refractivity contribution in [3.05, 3.63) is 24.3 Å². The smallest absolute Gasteiger partial charge is 0.240 e. The standard InChI is InChI=1S/C11H18N2O6S2/c1-11(15,8-14)7-13-21(18,19)10-5-3-9(4-6-10)20(16,17)12-2/h3-6,12-15H,7-8H2,1-2H3. The lowest BCUT2D eigenvalue weighted by atomic mass is 10.1. The van der Waals surface area contributed by atoms with Crippen LogP contribution in [-0.2, 0) is 20.0 Å². The Kier molecular flexibility index (Phi) is 5.47. The fourth-order valence-corrected chi connectivity index (χ4v) is 3.20. The summed E-state index contributed by atoms with van der Waals surface area (Å²) in [6.07, 6.45) is 0. The summed E-state index contributed by atoms with van der Waals surface area (Å²) in [5.74, 6) is 0. The van der Waals surface area contributed by atoms with Crippen molar-refractivity contribution in [2.24, 2.45) is 0 Å². The van der Waals surface area contributed by atoms with Gasteiger partial charge in [0.1, 0.15) is 0 Å². The molecular formula is C11H18N2O6S2. The summed E-state index contributed by atoms with van der Waals surface area (Å²) in [5.41, 5.74) is -1.58. The number of aliphatic hydroxyl groups is 2. The number of hydrogen-bond acceptors (Lipinski definition) is 6. The fourth-order valence-electron chi connectivity index (χ4n) is 1.31. The summed E-state index contributed by atoms with van der Waals surface area (Å²) in [4.78, 5) is -0.211. The van der Waals surface area contributed by atoms with Crippen LogP contribution in [-0.4, -0.2) is 52.8 Å². The molecule has 0 aliphatic rings. The van der Waals surface area contributed by atoms with Gasteiger partial charge in [-0.05, 0) is 38.2 Å². The molecule has 0 aromatic heterocycles. The molecule has 0 bridgehead atoms. The minimum absolute atomic E-state index is 0.0636. The van der Waals surface area contributed by atoms with Crippen LogP contribution in [0.2, 0.25) is 0 Å². The largest absolute Gasteiger partial charge is 0.393 e. The highest BCUT2D eigenvalue weighted by atomic mass is 32.2. The van der Waals surface area contributed by atoms with Crippen LogP contribution in [0, 0.1) is 0 Å². The molecule has 1 atom stereocenters. The monoisotopic (exact) mass is 338 g/mol. The van der Waals surface area contributed by atoms with Gasteiger partial charge in [-0.15, -0.1) is 0 Å². The molecule has 120 valence electrons. The molecule has 0 aliphatic carbocycles. The molecule has 0 fully saturated rings. The van der Waals surface area contributed by atoms with E-state index in [0.29, 0.717) is 0 Å². The molecule has 8 nitrogen and oxygen atoms in total. The molecule has 0 spiro atoms. The van der Waals surface area contributed by atoms with Crippen LogP contribution in [0.4, 0.5) is 0 Å². The summed E-state index contributed by atoms with van der Waals surface area (Å²) in [7, 11) is -6.30. The predicted molar refractivity (Wildman–Crippen MR) is 75.6 cm³/mol. The summed E-state index contributed by atoms with van der Waals surface area (Å²) >= 11 is 0. The lowest BCUT2D eigenvalue weighted by molar-refractivity contribution is 0.00681. The average molecular weight is 338 g/mol. The molecule has 4 N–H and O–H groups in total. The number of nitrogens with one attached hydrogen (secondary N) is 2. The third-order valence-electron chi connectivity index (χ3n) is 2.70. The highest BCUT2D eigenvalue weighted by Crippen LogP contribution is 2.14. The Morgan fingerprint density at radius 3 is 1.86 bits per heavy atom. The number of benzene rings is 1. The van der Waals surface area contributed by atoms with E-state index >= 15 is 0 Å². The molecule has 1 aromatic carbocycles. The van der Waals surface area contributed by atoms with Gasteiger partial charge in [-0.2, -0.15) is 0 Å². The van der Waals surface area contributed by atoms with Crippen LogP contribution in [0.25, 0.3) is 0 Å². The van der Waals surface area contributed by atoms with Gasteiger partial charge in [0.15, 0.2) is 0 Å². The van der Waals surface area contributed by atoms with Crippen LogP contribution >= 0.6 is 0 Å². The third-order valence-corrected chi connectivity index (χ3v) is 5.54. The van der Waals surface area contributed by atoms with E-state index in [9.17, 15) is 21.9 Å². The lowest BCUT2D eigenvalue weighted by Gasteiger charge is -2.20. The van der Waals surface area contributed by atoms with Gasteiger partial charge in [-0.25, -0.2) is 26.3 Å². The third kappa shape index (κ3) is 4.73.